The van der Waals surface area contributed by atoms with Crippen molar-refractivity contribution >= 4 is 45.4 Å². The van der Waals surface area contributed by atoms with E-state index >= 15 is 0 Å². The second kappa shape index (κ2) is 11.0. The molecule has 0 aliphatic carbocycles. The Labute approximate surface area is 218 Å². The summed E-state index contributed by atoms with van der Waals surface area (Å²) in [7, 11) is 0. The van der Waals surface area contributed by atoms with Gasteiger partial charge in [0.05, 0.1) is 23.9 Å². The van der Waals surface area contributed by atoms with Gasteiger partial charge in [-0.05, 0) is 68.1 Å². The van der Waals surface area contributed by atoms with Crippen molar-refractivity contribution in [1.29, 1.82) is 0 Å². The summed E-state index contributed by atoms with van der Waals surface area (Å²) < 4.78 is 0. The van der Waals surface area contributed by atoms with Crippen LogP contribution in [-0.4, -0.2) is 23.9 Å². The van der Waals surface area contributed by atoms with Gasteiger partial charge < -0.3 is 39.6 Å². The van der Waals surface area contributed by atoms with Crippen LogP contribution >= 0.6 is 0 Å². The first-order chi connectivity index (χ1) is 15.2. The van der Waals surface area contributed by atoms with E-state index in [9.17, 15) is 39.6 Å². The maximum absolute atomic E-state index is 10.6. The van der Waals surface area contributed by atoms with Crippen molar-refractivity contribution in [1.82, 2.24) is 0 Å². The van der Waals surface area contributed by atoms with Crippen LogP contribution in [0.2, 0.25) is 0 Å². The molecule has 0 fully saturated rings. The summed E-state index contributed by atoms with van der Waals surface area (Å²) in [5, 5.41) is 45.0. The van der Waals surface area contributed by atoms with Crippen LogP contribution in [0.3, 0.4) is 0 Å². The molecule has 0 radical (unpaired) electrons. The van der Waals surface area contributed by atoms with E-state index in [0.717, 1.165) is 0 Å². The van der Waals surface area contributed by atoms with Crippen molar-refractivity contribution in [2.45, 2.75) is 0 Å². The average molecular weight is 660 g/mol. The topological polar surface area (TPSA) is 161 Å². The molecule has 9 heteroatoms. The van der Waals surface area contributed by atoms with Gasteiger partial charge in [0.1, 0.15) is 0 Å². The Morgan fingerprint density at radius 1 is 0.394 bits per heavy atom. The van der Waals surface area contributed by atoms with Gasteiger partial charge >= 0.3 is 39.9 Å². The summed E-state index contributed by atoms with van der Waals surface area (Å²) in [6, 6.07) is 17.4. The van der Waals surface area contributed by atoms with Crippen LogP contribution in [0, 0.1) is 39.9 Å². The van der Waals surface area contributed by atoms with E-state index in [2.05, 4.69) is 0 Å². The average Bonchev–Trinajstić information content (AvgIpc) is 2.77. The molecule has 0 amide bonds. The number of hydrogen-bond acceptors (Lipinski definition) is 8. The summed E-state index contributed by atoms with van der Waals surface area (Å²) in [5.41, 5.74) is 0.254. The molecule has 33 heavy (non-hydrogen) atoms. The van der Waals surface area contributed by atoms with Crippen molar-refractivity contribution < 1.29 is 79.5 Å². The van der Waals surface area contributed by atoms with Crippen LogP contribution in [0.4, 0.5) is 0 Å². The molecule has 4 rings (SSSR count). The van der Waals surface area contributed by atoms with Crippen molar-refractivity contribution in [2.75, 3.05) is 0 Å². The zero-order chi connectivity index (χ0) is 23.4. The molecule has 0 saturated carbocycles. The molecule has 4 aromatic rings. The van der Waals surface area contributed by atoms with Crippen molar-refractivity contribution in [3.8, 4) is 0 Å². The third-order valence-corrected chi connectivity index (χ3v) is 4.62. The first kappa shape index (κ1) is 25.9. The Kier molecular flexibility index (Phi) is 8.59. The largest absolute Gasteiger partial charge is 4.00 e. The van der Waals surface area contributed by atoms with Crippen molar-refractivity contribution in [3.63, 3.8) is 0 Å². The van der Waals surface area contributed by atoms with E-state index in [1.165, 1.54) is 72.8 Å². The molecule has 160 valence electrons. The zero-order valence-corrected chi connectivity index (χ0v) is 20.8. The van der Waals surface area contributed by atoms with Crippen LogP contribution in [0.25, 0.3) is 21.5 Å². The molecule has 0 atom stereocenters. The summed E-state index contributed by atoms with van der Waals surface area (Å²) in [6.07, 6.45) is 0. The molecule has 0 aliphatic heterocycles. The van der Waals surface area contributed by atoms with Crippen LogP contribution < -0.4 is 20.4 Å². The Bertz CT molecular complexity index is 1180. The molecule has 8 nitrogen and oxygen atoms in total. The number of aromatic carboxylic acids is 4. The van der Waals surface area contributed by atoms with Crippen LogP contribution in [0.5, 0.6) is 0 Å². The second-order valence-electron chi connectivity index (χ2n) is 6.70. The van der Waals surface area contributed by atoms with Gasteiger partial charge in [-0.15, -0.1) is 0 Å². The summed E-state index contributed by atoms with van der Waals surface area (Å²) in [5.74, 6) is -5.03. The minimum absolute atomic E-state index is 0. The fraction of sp³-hybridized carbons (Fsp3) is 0. The van der Waals surface area contributed by atoms with E-state index in [-0.39, 0.29) is 62.2 Å². The quantitative estimate of drug-likeness (QED) is 0.273. The van der Waals surface area contributed by atoms with Crippen molar-refractivity contribution in [3.05, 3.63) is 95.1 Å². The molecule has 0 aliphatic rings. The molecule has 0 unspecified atom stereocenters. The molecular formula is C24H12O8Th. The standard InChI is InChI=1S/2C12H8O4.Th/c2*13-11(14)9-3-1-7-5-10(12(15)16)4-2-8(7)6-9;/h2*1-6H,(H,13,14)(H,15,16);/q;;+4/p-4. The van der Waals surface area contributed by atoms with E-state index in [0.29, 0.717) is 21.5 Å². The van der Waals surface area contributed by atoms with Crippen LogP contribution in [0.15, 0.2) is 72.8 Å². The number of carboxylic acids is 4. The second-order valence-corrected chi connectivity index (χ2v) is 6.70. The molecule has 0 N–H and O–H groups in total. The number of carbonyl (C=O) groups excluding carboxylic acids is 4. The minimum atomic E-state index is -1.26. The zero-order valence-electron chi connectivity index (χ0n) is 16.7. The number of carboxylic acid groups (broad SMARTS) is 4. The number of rotatable bonds is 4. The van der Waals surface area contributed by atoms with Crippen molar-refractivity contribution in [2.24, 2.45) is 0 Å². The van der Waals surface area contributed by atoms with Gasteiger partial charge in [-0.25, -0.2) is 0 Å². The molecule has 0 aromatic heterocycles. The Morgan fingerprint density at radius 3 is 0.727 bits per heavy atom. The normalized spacial score (nSPS) is 9.94. The number of carbonyl (C=O) groups is 4. The molecular weight excluding hydrogens is 648 g/mol. The van der Waals surface area contributed by atoms with E-state index < -0.39 is 23.9 Å². The van der Waals surface area contributed by atoms with Gasteiger partial charge in [-0.1, -0.05) is 48.5 Å². The fourth-order valence-electron chi connectivity index (χ4n) is 3.00. The monoisotopic (exact) mass is 660 g/mol. The number of fused-ring (bicyclic) bond motifs is 2. The van der Waals surface area contributed by atoms with E-state index in [1.54, 1.807) is 0 Å². The molecule has 0 bridgehead atoms. The predicted molar refractivity (Wildman–Crippen MR) is 105 cm³/mol. The molecule has 0 spiro atoms. The van der Waals surface area contributed by atoms with E-state index in [1.807, 2.05) is 0 Å². The first-order valence-corrected chi connectivity index (χ1v) is 9.09. The van der Waals surface area contributed by atoms with Gasteiger partial charge in [-0.2, -0.15) is 0 Å². The Hall–Kier alpha value is -3.40. The van der Waals surface area contributed by atoms with E-state index in [4.69, 9.17) is 0 Å². The maximum atomic E-state index is 10.6. The minimum Gasteiger partial charge on any atom is -0.545 e. The third-order valence-electron chi connectivity index (χ3n) is 4.62. The fourth-order valence-corrected chi connectivity index (χ4v) is 3.00. The summed E-state index contributed by atoms with van der Waals surface area (Å²) >= 11 is 0. The number of benzene rings is 4. The van der Waals surface area contributed by atoms with Gasteiger partial charge in [0.15, 0.2) is 0 Å². The van der Waals surface area contributed by atoms with Crippen LogP contribution in [-0.2, 0) is 0 Å². The molecule has 0 saturated heterocycles. The third kappa shape index (κ3) is 6.32. The number of hydrogen-bond donors (Lipinski definition) is 0. The predicted octanol–water partition coefficient (Wildman–Crippen LogP) is -0.866. The van der Waals surface area contributed by atoms with Gasteiger partial charge in [-0.3, -0.25) is 0 Å². The summed E-state index contributed by atoms with van der Waals surface area (Å²) in [6.45, 7) is 0. The summed E-state index contributed by atoms with van der Waals surface area (Å²) in [4.78, 5) is 42.4. The Balaban J connectivity index is 0.000000227. The molecule has 4 aromatic carbocycles. The smallest absolute Gasteiger partial charge is 0.545 e. The Morgan fingerprint density at radius 2 is 0.576 bits per heavy atom. The first-order valence-electron chi connectivity index (χ1n) is 9.09. The SMILES string of the molecule is O=C([O-])c1ccc2cc(C(=O)[O-])ccc2c1.O=C([O-])c1ccc2cc(C(=O)[O-])ccc2c1.[Th+4]. The van der Waals surface area contributed by atoms with Gasteiger partial charge in [0.2, 0.25) is 0 Å². The van der Waals surface area contributed by atoms with Gasteiger partial charge in [0, 0.05) is 0 Å². The molecule has 0 heterocycles. The maximum Gasteiger partial charge on any atom is 4.00 e. The van der Waals surface area contributed by atoms with Gasteiger partial charge in [0.25, 0.3) is 0 Å². The van der Waals surface area contributed by atoms with Crippen LogP contribution in [0.1, 0.15) is 41.4 Å².